The largest absolute Gasteiger partial charge is 0.478 e. The zero-order valence-electron chi connectivity index (χ0n) is 17.0. The van der Waals surface area contributed by atoms with Crippen LogP contribution in [-0.2, 0) is 13.0 Å². The van der Waals surface area contributed by atoms with Crippen LogP contribution in [0.1, 0.15) is 60.0 Å². The zero-order valence-corrected chi connectivity index (χ0v) is 17.0. The molecule has 0 atom stereocenters. The van der Waals surface area contributed by atoms with E-state index in [0.29, 0.717) is 5.56 Å². The van der Waals surface area contributed by atoms with Crippen molar-refractivity contribution in [3.05, 3.63) is 59.3 Å². The highest BCUT2D eigenvalue weighted by molar-refractivity contribution is 5.95. The molecule has 0 radical (unpaired) electrons. The predicted molar refractivity (Wildman–Crippen MR) is 117 cm³/mol. The maximum atomic E-state index is 11.5. The quantitative estimate of drug-likeness (QED) is 0.466. The summed E-state index contributed by atoms with van der Waals surface area (Å²) in [6.45, 7) is 0.929. The fraction of sp³-hybridized carbons (Fsp3) is 0.375. The Balaban J connectivity index is 1.51. The summed E-state index contributed by atoms with van der Waals surface area (Å²) in [6, 6.07) is 11.5. The molecule has 154 valence electrons. The van der Waals surface area contributed by atoms with E-state index in [0.717, 1.165) is 52.8 Å². The van der Waals surface area contributed by atoms with E-state index < -0.39 is 5.97 Å². The summed E-state index contributed by atoms with van der Waals surface area (Å²) in [4.78, 5) is 11.5. The van der Waals surface area contributed by atoms with E-state index in [2.05, 4.69) is 32.2 Å². The Labute approximate surface area is 174 Å². The number of aromatic amines is 1. The molecule has 2 aromatic carbocycles. The van der Waals surface area contributed by atoms with Gasteiger partial charge in [0.25, 0.3) is 0 Å². The van der Waals surface area contributed by atoms with Crippen molar-refractivity contribution >= 4 is 27.9 Å². The number of aromatic nitrogens is 4. The van der Waals surface area contributed by atoms with Crippen LogP contribution in [0.25, 0.3) is 21.9 Å². The Hall–Kier alpha value is -3.15. The van der Waals surface area contributed by atoms with Gasteiger partial charge in [-0.05, 0) is 41.7 Å². The molecule has 0 amide bonds. The average Bonchev–Trinajstić information content (AvgIpc) is 3.38. The lowest BCUT2D eigenvalue weighted by molar-refractivity contribution is 0.0697. The molecule has 4 aromatic rings. The van der Waals surface area contributed by atoms with Crippen LogP contribution in [0.4, 0.5) is 0 Å². The number of nitrogens with one attached hydrogen (secondary N) is 1. The first-order valence-corrected chi connectivity index (χ1v) is 10.8. The van der Waals surface area contributed by atoms with Crippen LogP contribution in [0, 0.1) is 5.92 Å². The molecule has 0 saturated heterocycles. The van der Waals surface area contributed by atoms with Gasteiger partial charge in [-0.15, -0.1) is 0 Å². The Kier molecular flexibility index (Phi) is 4.99. The number of benzene rings is 2. The van der Waals surface area contributed by atoms with Crippen LogP contribution >= 0.6 is 0 Å². The fourth-order valence-corrected chi connectivity index (χ4v) is 4.90. The monoisotopic (exact) mass is 402 g/mol. The van der Waals surface area contributed by atoms with E-state index >= 15 is 0 Å². The molecule has 30 heavy (non-hydrogen) atoms. The van der Waals surface area contributed by atoms with Gasteiger partial charge < -0.3 is 9.67 Å². The average molecular weight is 402 g/mol. The Bertz CT molecular complexity index is 1200. The maximum absolute atomic E-state index is 11.5. The third-order valence-corrected chi connectivity index (χ3v) is 6.53. The van der Waals surface area contributed by atoms with Gasteiger partial charge in [-0.2, -0.15) is 15.4 Å². The third-order valence-electron chi connectivity index (χ3n) is 6.53. The molecule has 6 heteroatoms. The van der Waals surface area contributed by atoms with Crippen molar-refractivity contribution in [3.63, 3.8) is 0 Å². The van der Waals surface area contributed by atoms with Gasteiger partial charge in [0.1, 0.15) is 11.0 Å². The number of rotatable bonds is 6. The molecule has 1 aliphatic rings. The number of hydrogen-bond donors (Lipinski definition) is 2. The van der Waals surface area contributed by atoms with Crippen molar-refractivity contribution in [2.45, 2.75) is 51.5 Å². The lowest BCUT2D eigenvalue weighted by Gasteiger charge is -2.21. The van der Waals surface area contributed by atoms with Crippen molar-refractivity contribution in [1.82, 2.24) is 20.0 Å². The van der Waals surface area contributed by atoms with E-state index in [-0.39, 0.29) is 0 Å². The van der Waals surface area contributed by atoms with Crippen LogP contribution in [0.5, 0.6) is 0 Å². The summed E-state index contributed by atoms with van der Waals surface area (Å²) in [5.41, 5.74) is 5.41. The Morgan fingerprint density at radius 2 is 1.97 bits per heavy atom. The SMILES string of the molecule is O=C(O)c1ccc2c(Cc3cccc4n[nH]nc34)cn(CCC3CCCCC3)c2c1. The van der Waals surface area contributed by atoms with Crippen molar-refractivity contribution < 1.29 is 9.90 Å². The number of nitrogens with zero attached hydrogens (tertiary/aromatic N) is 3. The molecule has 2 aromatic heterocycles. The molecule has 1 fully saturated rings. The van der Waals surface area contributed by atoms with Crippen molar-refractivity contribution in [2.75, 3.05) is 0 Å². The maximum Gasteiger partial charge on any atom is 0.335 e. The van der Waals surface area contributed by atoms with Crippen LogP contribution < -0.4 is 0 Å². The standard InChI is InChI=1S/C24H26N4O2/c29-24(30)18-9-10-20-19(13-17-7-4-8-21-23(17)26-27-25-21)15-28(22(20)14-18)12-11-16-5-2-1-3-6-16/h4,7-10,14-16H,1-3,5-6,11-13H2,(H,29,30)(H,25,26,27). The van der Waals surface area contributed by atoms with Crippen LogP contribution in [0.15, 0.2) is 42.6 Å². The number of aryl methyl sites for hydroxylation is 1. The molecule has 2 N–H and O–H groups in total. The van der Waals surface area contributed by atoms with E-state index in [1.807, 2.05) is 24.3 Å². The predicted octanol–water partition coefficient (Wildman–Crippen LogP) is 5.17. The van der Waals surface area contributed by atoms with Gasteiger partial charge in [-0.25, -0.2) is 4.79 Å². The Morgan fingerprint density at radius 1 is 1.10 bits per heavy atom. The minimum atomic E-state index is -0.883. The van der Waals surface area contributed by atoms with Crippen molar-refractivity contribution in [1.29, 1.82) is 0 Å². The molecular weight excluding hydrogens is 376 g/mol. The van der Waals surface area contributed by atoms with E-state index in [1.165, 1.54) is 37.7 Å². The van der Waals surface area contributed by atoms with Gasteiger partial charge >= 0.3 is 5.97 Å². The Morgan fingerprint density at radius 3 is 2.80 bits per heavy atom. The molecule has 0 unspecified atom stereocenters. The second-order valence-corrected chi connectivity index (χ2v) is 8.46. The van der Waals surface area contributed by atoms with Gasteiger partial charge in [0.05, 0.1) is 5.56 Å². The first-order chi connectivity index (χ1) is 14.7. The topological polar surface area (TPSA) is 83.8 Å². The number of fused-ring (bicyclic) bond motifs is 2. The van der Waals surface area contributed by atoms with Gasteiger partial charge in [-0.1, -0.05) is 50.3 Å². The summed E-state index contributed by atoms with van der Waals surface area (Å²) in [5, 5.41) is 21.8. The number of para-hydroxylation sites is 1. The van der Waals surface area contributed by atoms with E-state index in [4.69, 9.17) is 0 Å². The number of aromatic carboxylic acids is 1. The number of H-pyrrole nitrogens is 1. The van der Waals surface area contributed by atoms with Crippen LogP contribution in [0.3, 0.4) is 0 Å². The van der Waals surface area contributed by atoms with Gasteiger partial charge in [0.2, 0.25) is 0 Å². The third kappa shape index (κ3) is 3.58. The minimum Gasteiger partial charge on any atom is -0.478 e. The second-order valence-electron chi connectivity index (χ2n) is 8.46. The van der Waals surface area contributed by atoms with Crippen LogP contribution in [-0.4, -0.2) is 31.1 Å². The zero-order chi connectivity index (χ0) is 20.5. The summed E-state index contributed by atoms with van der Waals surface area (Å²) in [6.07, 6.45) is 10.8. The number of hydrogen-bond acceptors (Lipinski definition) is 3. The van der Waals surface area contributed by atoms with Crippen molar-refractivity contribution in [3.8, 4) is 0 Å². The highest BCUT2D eigenvalue weighted by Gasteiger charge is 2.17. The molecule has 0 spiro atoms. The first kappa shape index (κ1) is 18.9. The number of carboxylic acid groups (broad SMARTS) is 1. The van der Waals surface area contributed by atoms with Gasteiger partial charge in [0, 0.05) is 30.1 Å². The molecule has 1 saturated carbocycles. The van der Waals surface area contributed by atoms with E-state index in [9.17, 15) is 9.90 Å². The molecular formula is C24H26N4O2. The molecule has 2 heterocycles. The lowest BCUT2D eigenvalue weighted by Crippen LogP contribution is -2.09. The van der Waals surface area contributed by atoms with E-state index in [1.54, 1.807) is 6.07 Å². The highest BCUT2D eigenvalue weighted by Crippen LogP contribution is 2.30. The van der Waals surface area contributed by atoms with Crippen molar-refractivity contribution in [2.24, 2.45) is 5.92 Å². The molecule has 6 nitrogen and oxygen atoms in total. The summed E-state index contributed by atoms with van der Waals surface area (Å²) >= 11 is 0. The summed E-state index contributed by atoms with van der Waals surface area (Å²) in [7, 11) is 0. The molecule has 1 aliphatic carbocycles. The molecule has 0 aliphatic heterocycles. The number of carboxylic acids is 1. The number of carbonyl (C=O) groups is 1. The second kappa shape index (κ2) is 7.94. The summed E-state index contributed by atoms with van der Waals surface area (Å²) < 4.78 is 2.26. The summed E-state index contributed by atoms with van der Waals surface area (Å²) in [5.74, 6) is -0.1000. The van der Waals surface area contributed by atoms with Crippen LogP contribution in [0.2, 0.25) is 0 Å². The van der Waals surface area contributed by atoms with Gasteiger partial charge in [-0.3, -0.25) is 0 Å². The highest BCUT2D eigenvalue weighted by atomic mass is 16.4. The van der Waals surface area contributed by atoms with Gasteiger partial charge in [0.15, 0.2) is 0 Å². The smallest absolute Gasteiger partial charge is 0.335 e. The molecule has 5 rings (SSSR count). The fourth-order valence-electron chi connectivity index (χ4n) is 4.90. The normalized spacial score (nSPS) is 15.2. The minimum absolute atomic E-state index is 0.338. The first-order valence-electron chi connectivity index (χ1n) is 10.8. The lowest BCUT2D eigenvalue weighted by atomic mass is 9.87. The molecule has 0 bridgehead atoms.